The Hall–Kier alpha value is -3.38. The topological polar surface area (TPSA) is 61.9 Å². The molecule has 0 aromatic heterocycles. The summed E-state index contributed by atoms with van der Waals surface area (Å²) in [5, 5.41) is 5.09. The maximum Gasteiger partial charge on any atom is 0.257 e. The standard InChI is InChI=1S/C27H31N3O3/c1-4-33-25-17-22-10-6-5-9-21(22)16-23(25)27(32)30-14-12-29(13-15-30)18-26(31)28-24-11-7-8-19(2)20(24)3/h5-11,16-17H,4,12-15,18H2,1-3H3,(H,28,31). The number of amides is 2. The molecule has 0 radical (unpaired) electrons. The first-order chi connectivity index (χ1) is 16.0. The van der Waals surface area contributed by atoms with Crippen LogP contribution in [0.2, 0.25) is 0 Å². The predicted octanol–water partition coefficient (Wildman–Crippen LogP) is 4.25. The van der Waals surface area contributed by atoms with Gasteiger partial charge >= 0.3 is 0 Å². The number of carbonyl (C=O) groups excluding carboxylic acids is 2. The lowest BCUT2D eigenvalue weighted by Crippen LogP contribution is -2.50. The molecule has 172 valence electrons. The van der Waals surface area contributed by atoms with Crippen LogP contribution in [0.3, 0.4) is 0 Å². The second kappa shape index (κ2) is 10.0. The number of fused-ring (bicyclic) bond motifs is 1. The number of benzene rings is 3. The van der Waals surface area contributed by atoms with Gasteiger partial charge in [-0.1, -0.05) is 36.4 Å². The monoisotopic (exact) mass is 445 g/mol. The first-order valence-electron chi connectivity index (χ1n) is 11.5. The Kier molecular flexibility index (Phi) is 6.94. The van der Waals surface area contributed by atoms with Crippen molar-refractivity contribution >= 4 is 28.3 Å². The van der Waals surface area contributed by atoms with Gasteiger partial charge < -0.3 is 15.0 Å². The van der Waals surface area contributed by atoms with Gasteiger partial charge in [-0.15, -0.1) is 0 Å². The number of nitrogens with zero attached hydrogens (tertiary/aromatic N) is 2. The maximum atomic E-state index is 13.3. The van der Waals surface area contributed by atoms with Crippen molar-refractivity contribution in [2.45, 2.75) is 20.8 Å². The van der Waals surface area contributed by atoms with Crippen molar-refractivity contribution < 1.29 is 14.3 Å². The van der Waals surface area contributed by atoms with Crippen molar-refractivity contribution in [3.8, 4) is 5.75 Å². The number of aryl methyl sites for hydroxylation is 1. The summed E-state index contributed by atoms with van der Waals surface area (Å²) in [6.45, 7) is 9.25. The van der Waals surface area contributed by atoms with E-state index in [1.165, 1.54) is 0 Å². The first kappa shape index (κ1) is 22.8. The SMILES string of the molecule is CCOc1cc2ccccc2cc1C(=O)N1CCN(CC(=O)Nc2cccc(C)c2C)CC1. The summed E-state index contributed by atoms with van der Waals surface area (Å²) in [4.78, 5) is 29.8. The molecular weight excluding hydrogens is 414 g/mol. The van der Waals surface area contributed by atoms with E-state index >= 15 is 0 Å². The molecule has 1 heterocycles. The van der Waals surface area contributed by atoms with E-state index in [0.29, 0.717) is 50.6 Å². The zero-order chi connectivity index (χ0) is 23.4. The van der Waals surface area contributed by atoms with Crippen LogP contribution in [0.15, 0.2) is 54.6 Å². The number of piperazine rings is 1. The molecule has 0 saturated carbocycles. The molecule has 2 amide bonds. The Bertz CT molecular complexity index is 1170. The van der Waals surface area contributed by atoms with Crippen molar-refractivity contribution in [3.05, 3.63) is 71.3 Å². The van der Waals surface area contributed by atoms with Crippen LogP contribution in [0.1, 0.15) is 28.4 Å². The number of hydrogen-bond acceptors (Lipinski definition) is 4. The van der Waals surface area contributed by atoms with Gasteiger partial charge in [0.15, 0.2) is 0 Å². The zero-order valence-corrected chi connectivity index (χ0v) is 19.6. The van der Waals surface area contributed by atoms with E-state index < -0.39 is 0 Å². The summed E-state index contributed by atoms with van der Waals surface area (Å²) in [7, 11) is 0. The zero-order valence-electron chi connectivity index (χ0n) is 19.6. The highest BCUT2D eigenvalue weighted by Gasteiger charge is 2.25. The summed E-state index contributed by atoms with van der Waals surface area (Å²) in [6.07, 6.45) is 0. The maximum absolute atomic E-state index is 13.3. The second-order valence-electron chi connectivity index (χ2n) is 8.49. The normalized spacial score (nSPS) is 14.3. The first-order valence-corrected chi connectivity index (χ1v) is 11.5. The van der Waals surface area contributed by atoms with Crippen molar-refractivity contribution in [2.75, 3.05) is 44.6 Å². The van der Waals surface area contributed by atoms with Crippen LogP contribution in [0.25, 0.3) is 10.8 Å². The lowest BCUT2D eigenvalue weighted by molar-refractivity contribution is -0.117. The highest BCUT2D eigenvalue weighted by Crippen LogP contribution is 2.28. The Balaban J connectivity index is 1.38. The van der Waals surface area contributed by atoms with Gasteiger partial charge in [0.1, 0.15) is 5.75 Å². The van der Waals surface area contributed by atoms with E-state index in [2.05, 4.69) is 10.2 Å². The van der Waals surface area contributed by atoms with Crippen LogP contribution in [0, 0.1) is 13.8 Å². The molecule has 1 saturated heterocycles. The molecule has 33 heavy (non-hydrogen) atoms. The molecule has 0 atom stereocenters. The van der Waals surface area contributed by atoms with Gasteiger partial charge in [-0.3, -0.25) is 14.5 Å². The van der Waals surface area contributed by atoms with E-state index in [-0.39, 0.29) is 11.8 Å². The van der Waals surface area contributed by atoms with E-state index in [0.717, 1.165) is 27.6 Å². The summed E-state index contributed by atoms with van der Waals surface area (Å²) in [5.74, 6) is 0.567. The van der Waals surface area contributed by atoms with Gasteiger partial charge in [-0.2, -0.15) is 0 Å². The van der Waals surface area contributed by atoms with Crippen molar-refractivity contribution in [3.63, 3.8) is 0 Å². The molecule has 3 aromatic rings. The fraction of sp³-hybridized carbons (Fsp3) is 0.333. The Morgan fingerprint density at radius 1 is 0.939 bits per heavy atom. The average Bonchev–Trinajstić information content (AvgIpc) is 2.82. The van der Waals surface area contributed by atoms with E-state index in [9.17, 15) is 9.59 Å². The molecule has 6 nitrogen and oxygen atoms in total. The van der Waals surface area contributed by atoms with Crippen LogP contribution in [-0.4, -0.2) is 60.9 Å². The average molecular weight is 446 g/mol. The highest BCUT2D eigenvalue weighted by molar-refractivity contribution is 6.01. The third kappa shape index (κ3) is 5.17. The van der Waals surface area contributed by atoms with Crippen molar-refractivity contribution in [2.24, 2.45) is 0 Å². The molecule has 4 rings (SSSR count). The molecule has 0 aliphatic carbocycles. The quantitative estimate of drug-likeness (QED) is 0.616. The number of rotatable bonds is 6. The number of ether oxygens (including phenoxy) is 1. The Morgan fingerprint density at radius 3 is 2.33 bits per heavy atom. The number of carbonyl (C=O) groups is 2. The number of anilines is 1. The van der Waals surface area contributed by atoms with E-state index in [1.807, 2.05) is 80.3 Å². The summed E-state index contributed by atoms with van der Waals surface area (Å²) in [5.41, 5.74) is 3.69. The lowest BCUT2D eigenvalue weighted by Gasteiger charge is -2.34. The van der Waals surface area contributed by atoms with Crippen molar-refractivity contribution in [1.82, 2.24) is 9.80 Å². The van der Waals surface area contributed by atoms with Gasteiger partial charge in [-0.05, 0) is 60.9 Å². The van der Waals surface area contributed by atoms with Crippen LogP contribution in [-0.2, 0) is 4.79 Å². The fourth-order valence-electron chi connectivity index (χ4n) is 4.22. The minimum atomic E-state index is -0.0309. The largest absolute Gasteiger partial charge is 0.493 e. The van der Waals surface area contributed by atoms with Crippen LogP contribution in [0.5, 0.6) is 5.75 Å². The smallest absolute Gasteiger partial charge is 0.257 e. The Labute approximate surface area is 195 Å². The number of hydrogen-bond donors (Lipinski definition) is 1. The van der Waals surface area contributed by atoms with Gasteiger partial charge in [-0.25, -0.2) is 0 Å². The summed E-state index contributed by atoms with van der Waals surface area (Å²) >= 11 is 0. The lowest BCUT2D eigenvalue weighted by atomic mass is 10.0. The molecule has 1 aliphatic heterocycles. The van der Waals surface area contributed by atoms with Crippen LogP contribution >= 0.6 is 0 Å². The molecule has 3 aromatic carbocycles. The minimum Gasteiger partial charge on any atom is -0.493 e. The second-order valence-corrected chi connectivity index (χ2v) is 8.49. The van der Waals surface area contributed by atoms with Gasteiger partial charge in [0.25, 0.3) is 5.91 Å². The van der Waals surface area contributed by atoms with Gasteiger partial charge in [0.2, 0.25) is 5.91 Å². The van der Waals surface area contributed by atoms with E-state index in [1.54, 1.807) is 0 Å². The Morgan fingerprint density at radius 2 is 1.64 bits per heavy atom. The van der Waals surface area contributed by atoms with Crippen molar-refractivity contribution in [1.29, 1.82) is 0 Å². The minimum absolute atomic E-state index is 0.0244. The molecule has 1 aliphatic rings. The van der Waals surface area contributed by atoms with Crippen LogP contribution < -0.4 is 10.1 Å². The van der Waals surface area contributed by atoms with Gasteiger partial charge in [0.05, 0.1) is 18.7 Å². The molecule has 6 heteroatoms. The molecule has 0 spiro atoms. The molecule has 1 fully saturated rings. The summed E-state index contributed by atoms with van der Waals surface area (Å²) in [6, 6.07) is 17.8. The third-order valence-corrected chi connectivity index (χ3v) is 6.28. The van der Waals surface area contributed by atoms with Crippen LogP contribution in [0.4, 0.5) is 5.69 Å². The molecular formula is C27H31N3O3. The molecule has 0 bridgehead atoms. The fourth-order valence-corrected chi connectivity index (χ4v) is 4.22. The molecule has 1 N–H and O–H groups in total. The third-order valence-electron chi connectivity index (χ3n) is 6.28. The van der Waals surface area contributed by atoms with Gasteiger partial charge in [0, 0.05) is 31.9 Å². The predicted molar refractivity (Wildman–Crippen MR) is 132 cm³/mol. The van der Waals surface area contributed by atoms with E-state index in [4.69, 9.17) is 4.74 Å². The number of nitrogens with one attached hydrogen (secondary N) is 1. The highest BCUT2D eigenvalue weighted by atomic mass is 16.5. The molecule has 0 unspecified atom stereocenters. The summed E-state index contributed by atoms with van der Waals surface area (Å²) < 4.78 is 5.79.